The quantitative estimate of drug-likeness (QED) is 0.852. The van der Waals surface area contributed by atoms with Crippen molar-refractivity contribution in [3.8, 4) is 5.75 Å². The molecule has 1 aliphatic heterocycles. The lowest BCUT2D eigenvalue weighted by atomic mass is 10.1. The van der Waals surface area contributed by atoms with E-state index in [1.807, 2.05) is 6.92 Å². The highest BCUT2D eigenvalue weighted by Crippen LogP contribution is 2.26. The molecule has 5 nitrogen and oxygen atoms in total. The predicted molar refractivity (Wildman–Crippen MR) is 85.3 cm³/mol. The molecule has 0 amide bonds. The van der Waals surface area contributed by atoms with E-state index >= 15 is 0 Å². The van der Waals surface area contributed by atoms with Gasteiger partial charge in [-0.25, -0.2) is 4.79 Å². The van der Waals surface area contributed by atoms with Crippen LogP contribution in [0.1, 0.15) is 35.3 Å². The Balaban J connectivity index is 1.66. The number of esters is 1. The van der Waals surface area contributed by atoms with E-state index in [0.29, 0.717) is 17.6 Å². The van der Waals surface area contributed by atoms with Gasteiger partial charge in [-0.2, -0.15) is 0 Å². The van der Waals surface area contributed by atoms with Crippen molar-refractivity contribution in [2.45, 2.75) is 26.2 Å². The fourth-order valence-electron chi connectivity index (χ4n) is 3.10. The lowest BCUT2D eigenvalue weighted by molar-refractivity contribution is 0.0453. The van der Waals surface area contributed by atoms with Crippen molar-refractivity contribution in [1.29, 1.82) is 0 Å². The molecular formula is C17H22N2O3. The first-order valence-corrected chi connectivity index (χ1v) is 7.86. The predicted octanol–water partition coefficient (Wildman–Crippen LogP) is 2.82. The van der Waals surface area contributed by atoms with Crippen LogP contribution in [0.3, 0.4) is 0 Å². The van der Waals surface area contributed by atoms with Gasteiger partial charge in [-0.05, 0) is 51.1 Å². The number of ether oxygens (including phenoxy) is 1. The summed E-state index contributed by atoms with van der Waals surface area (Å²) >= 11 is 0. The number of likely N-dealkylation sites (tertiary alicyclic amines) is 1. The highest BCUT2D eigenvalue weighted by atomic mass is 16.5. The van der Waals surface area contributed by atoms with E-state index in [1.54, 1.807) is 18.2 Å². The number of aromatic hydroxyl groups is 1. The Bertz CT molecular complexity index is 672. The van der Waals surface area contributed by atoms with Gasteiger partial charge in [0.25, 0.3) is 0 Å². The molecule has 3 rings (SSSR count). The number of aryl methyl sites for hydroxylation is 1. The molecule has 22 heavy (non-hydrogen) atoms. The Morgan fingerprint density at radius 3 is 2.86 bits per heavy atom. The van der Waals surface area contributed by atoms with Crippen molar-refractivity contribution in [3.63, 3.8) is 0 Å². The zero-order valence-electron chi connectivity index (χ0n) is 12.9. The number of fused-ring (bicyclic) bond motifs is 1. The molecule has 1 aromatic carbocycles. The molecule has 2 heterocycles. The van der Waals surface area contributed by atoms with E-state index in [-0.39, 0.29) is 11.7 Å². The van der Waals surface area contributed by atoms with Crippen LogP contribution in [0.25, 0.3) is 10.9 Å². The van der Waals surface area contributed by atoms with Gasteiger partial charge in [0.2, 0.25) is 0 Å². The number of hydrogen-bond acceptors (Lipinski definition) is 4. The van der Waals surface area contributed by atoms with E-state index < -0.39 is 0 Å². The lowest BCUT2D eigenvalue weighted by Gasteiger charge is -2.25. The molecule has 1 saturated heterocycles. The van der Waals surface area contributed by atoms with Crippen molar-refractivity contribution < 1.29 is 14.6 Å². The Hall–Kier alpha value is -2.01. The lowest BCUT2D eigenvalue weighted by Crippen LogP contribution is -2.33. The summed E-state index contributed by atoms with van der Waals surface area (Å²) in [5, 5.41) is 10.3. The second-order valence-electron chi connectivity index (χ2n) is 5.89. The van der Waals surface area contributed by atoms with Gasteiger partial charge in [0.1, 0.15) is 12.4 Å². The van der Waals surface area contributed by atoms with Crippen LogP contribution < -0.4 is 0 Å². The van der Waals surface area contributed by atoms with E-state index in [0.717, 1.165) is 30.8 Å². The Morgan fingerprint density at radius 2 is 2.09 bits per heavy atom. The molecular weight excluding hydrogens is 280 g/mol. The third kappa shape index (κ3) is 3.09. The first-order chi connectivity index (χ1) is 10.6. The maximum atomic E-state index is 12.4. The number of H-pyrrole nitrogens is 1. The molecule has 118 valence electrons. The van der Waals surface area contributed by atoms with Crippen LogP contribution in [0, 0.1) is 6.92 Å². The summed E-state index contributed by atoms with van der Waals surface area (Å²) in [7, 11) is 0. The zero-order chi connectivity index (χ0) is 15.5. The van der Waals surface area contributed by atoms with Crippen molar-refractivity contribution in [2.75, 3.05) is 26.2 Å². The Labute approximate surface area is 129 Å². The largest absolute Gasteiger partial charge is 0.508 e. The van der Waals surface area contributed by atoms with Crippen molar-refractivity contribution >= 4 is 16.9 Å². The monoisotopic (exact) mass is 302 g/mol. The minimum atomic E-state index is -0.327. The minimum absolute atomic E-state index is 0.147. The zero-order valence-corrected chi connectivity index (χ0v) is 12.9. The molecule has 1 aliphatic rings. The second-order valence-corrected chi connectivity index (χ2v) is 5.89. The number of nitrogens with one attached hydrogen (secondary N) is 1. The third-order valence-electron chi connectivity index (χ3n) is 4.26. The van der Waals surface area contributed by atoms with Gasteiger partial charge in [-0.15, -0.1) is 0 Å². The van der Waals surface area contributed by atoms with Gasteiger partial charge in [-0.1, -0.05) is 6.42 Å². The fourth-order valence-corrected chi connectivity index (χ4v) is 3.10. The molecule has 1 aromatic heterocycles. The number of carbonyl (C=O) groups is 1. The number of aromatic nitrogens is 1. The molecule has 2 aromatic rings. The molecule has 0 aliphatic carbocycles. The molecule has 1 fully saturated rings. The number of nitrogens with zero attached hydrogens (tertiary/aromatic N) is 1. The summed E-state index contributed by atoms with van der Waals surface area (Å²) in [6.07, 6.45) is 3.76. The standard InChI is InChI=1S/C17H22N2O3/c1-12-16(14-11-13(20)5-6-15(14)18-12)17(21)22-10-9-19-7-3-2-4-8-19/h5-6,11,18,20H,2-4,7-10H2,1H3. The molecule has 0 atom stereocenters. The first kappa shape index (κ1) is 14.9. The van der Waals surface area contributed by atoms with E-state index in [2.05, 4.69) is 9.88 Å². The smallest absolute Gasteiger partial charge is 0.340 e. The summed E-state index contributed by atoms with van der Waals surface area (Å²) in [6.45, 7) is 5.23. The number of carbonyl (C=O) groups excluding carboxylic acids is 1. The summed E-state index contributed by atoms with van der Waals surface area (Å²) in [5.74, 6) is -0.180. The molecule has 2 N–H and O–H groups in total. The number of phenolic OH excluding ortho intramolecular Hbond substituents is 1. The van der Waals surface area contributed by atoms with Gasteiger partial charge < -0.3 is 14.8 Å². The number of phenols is 1. The summed E-state index contributed by atoms with van der Waals surface area (Å²) in [6, 6.07) is 4.96. The van der Waals surface area contributed by atoms with Crippen LogP contribution in [0.2, 0.25) is 0 Å². The van der Waals surface area contributed by atoms with Crippen molar-refractivity contribution in [1.82, 2.24) is 9.88 Å². The van der Waals surface area contributed by atoms with Gasteiger partial charge >= 0.3 is 5.97 Å². The molecule has 0 radical (unpaired) electrons. The highest BCUT2D eigenvalue weighted by molar-refractivity contribution is 6.05. The van der Waals surface area contributed by atoms with Gasteiger partial charge in [-0.3, -0.25) is 4.90 Å². The summed E-state index contributed by atoms with van der Waals surface area (Å²) in [4.78, 5) is 17.8. The van der Waals surface area contributed by atoms with Crippen LogP contribution >= 0.6 is 0 Å². The van der Waals surface area contributed by atoms with Crippen molar-refractivity contribution in [3.05, 3.63) is 29.5 Å². The van der Waals surface area contributed by atoms with Crippen LogP contribution in [0.5, 0.6) is 5.75 Å². The molecule has 0 spiro atoms. The molecule has 0 unspecified atom stereocenters. The third-order valence-corrected chi connectivity index (χ3v) is 4.26. The maximum Gasteiger partial charge on any atom is 0.340 e. The van der Waals surface area contributed by atoms with E-state index in [9.17, 15) is 9.90 Å². The number of benzene rings is 1. The normalized spacial score (nSPS) is 16.0. The fraction of sp³-hybridized carbons (Fsp3) is 0.471. The summed E-state index contributed by atoms with van der Waals surface area (Å²) in [5.41, 5.74) is 2.12. The van der Waals surface area contributed by atoms with E-state index in [1.165, 1.54) is 19.3 Å². The average Bonchev–Trinajstić information content (AvgIpc) is 2.83. The van der Waals surface area contributed by atoms with Gasteiger partial charge in [0, 0.05) is 23.1 Å². The number of aromatic amines is 1. The molecule has 5 heteroatoms. The van der Waals surface area contributed by atoms with Crippen LogP contribution in [0.4, 0.5) is 0 Å². The molecule has 0 saturated carbocycles. The van der Waals surface area contributed by atoms with E-state index in [4.69, 9.17) is 4.74 Å². The van der Waals surface area contributed by atoms with Crippen LogP contribution in [0.15, 0.2) is 18.2 Å². The van der Waals surface area contributed by atoms with Crippen LogP contribution in [-0.2, 0) is 4.74 Å². The molecule has 0 bridgehead atoms. The first-order valence-electron chi connectivity index (χ1n) is 7.86. The number of rotatable bonds is 4. The second kappa shape index (κ2) is 6.40. The maximum absolute atomic E-state index is 12.4. The van der Waals surface area contributed by atoms with Gasteiger partial charge in [0.15, 0.2) is 0 Å². The minimum Gasteiger partial charge on any atom is -0.508 e. The van der Waals surface area contributed by atoms with Gasteiger partial charge in [0.05, 0.1) is 5.56 Å². The Morgan fingerprint density at radius 1 is 1.32 bits per heavy atom. The topological polar surface area (TPSA) is 65.6 Å². The van der Waals surface area contributed by atoms with Crippen LogP contribution in [-0.4, -0.2) is 47.2 Å². The van der Waals surface area contributed by atoms with Crippen molar-refractivity contribution in [2.24, 2.45) is 0 Å². The Kier molecular flexibility index (Phi) is 4.34. The SMILES string of the molecule is Cc1[nH]c2ccc(O)cc2c1C(=O)OCCN1CCCCC1. The summed E-state index contributed by atoms with van der Waals surface area (Å²) < 4.78 is 5.44. The average molecular weight is 302 g/mol. The number of piperidine rings is 1. The number of hydrogen-bond donors (Lipinski definition) is 2. The highest BCUT2D eigenvalue weighted by Gasteiger charge is 2.18.